The summed E-state index contributed by atoms with van der Waals surface area (Å²) in [6.07, 6.45) is 0. The van der Waals surface area contributed by atoms with Gasteiger partial charge in [0.15, 0.2) is 0 Å². The van der Waals surface area contributed by atoms with Crippen molar-refractivity contribution in [2.45, 2.75) is 0 Å². The zero-order valence-electron chi connectivity index (χ0n) is 3.53. The second-order valence-corrected chi connectivity index (χ2v) is 0. The van der Waals surface area contributed by atoms with Crippen molar-refractivity contribution in [3.8, 4) is 0 Å². The molecule has 0 aliphatic heterocycles. The standard InChI is InChI=1S/C2H3.CN.Cu.Li/c2*1-2;;/h1H,2H2;;;/q2*-1;2*+1. The SMILES string of the molecule is [C-]#N.[CH-]=C.[Cu+].[Li+]. The molecule has 0 amide bonds. The van der Waals surface area contributed by atoms with Gasteiger partial charge in [-0.25, -0.2) is 0 Å². The summed E-state index contributed by atoms with van der Waals surface area (Å²) in [5.74, 6) is 0. The predicted octanol–water partition coefficient (Wildman–Crippen LogP) is -2.30. The van der Waals surface area contributed by atoms with Gasteiger partial charge in [-0.2, -0.15) is 0 Å². The van der Waals surface area contributed by atoms with Crippen molar-refractivity contribution in [3.05, 3.63) is 19.7 Å². The summed E-state index contributed by atoms with van der Waals surface area (Å²) in [5.41, 5.74) is 0. The first kappa shape index (κ1) is 32.9. The van der Waals surface area contributed by atoms with Gasteiger partial charge < -0.3 is 18.4 Å². The maximum Gasteiger partial charge on any atom is 1.00 e. The molecule has 0 aliphatic rings. The topological polar surface area (TPSA) is 23.8 Å². The van der Waals surface area contributed by atoms with Crippen LogP contribution >= 0.6 is 0 Å². The Morgan fingerprint density at radius 1 is 1.33 bits per heavy atom. The first-order valence-electron chi connectivity index (χ1n) is 0.632. The average molecular weight is 124 g/mol. The third-order valence-corrected chi connectivity index (χ3v) is 0. The van der Waals surface area contributed by atoms with E-state index in [1.165, 1.54) is 0 Å². The van der Waals surface area contributed by atoms with Gasteiger partial charge in [0.2, 0.25) is 0 Å². The van der Waals surface area contributed by atoms with E-state index < -0.39 is 0 Å². The Hall–Kier alpha value is 0.347. The third kappa shape index (κ3) is 405. The fraction of sp³-hybridized carbons (Fsp3) is 0. The van der Waals surface area contributed by atoms with Gasteiger partial charge in [-0.1, -0.05) is 0 Å². The van der Waals surface area contributed by atoms with Crippen molar-refractivity contribution in [3.63, 3.8) is 0 Å². The van der Waals surface area contributed by atoms with E-state index in [2.05, 4.69) is 13.2 Å². The summed E-state index contributed by atoms with van der Waals surface area (Å²) >= 11 is 0. The van der Waals surface area contributed by atoms with E-state index in [-0.39, 0.29) is 35.9 Å². The molecule has 0 fully saturated rings. The molecule has 0 heterocycles. The van der Waals surface area contributed by atoms with E-state index in [0.717, 1.165) is 0 Å². The molecule has 0 bridgehead atoms. The van der Waals surface area contributed by atoms with Crippen molar-refractivity contribution < 1.29 is 35.9 Å². The Labute approximate surface area is 61.1 Å². The van der Waals surface area contributed by atoms with Gasteiger partial charge in [-0.3, -0.25) is 6.58 Å². The molecule has 1 nitrogen and oxygen atoms in total. The minimum absolute atomic E-state index is 0. The molecule has 0 atom stereocenters. The Morgan fingerprint density at radius 3 is 1.33 bits per heavy atom. The van der Waals surface area contributed by atoms with Gasteiger partial charge in [0, 0.05) is 0 Å². The van der Waals surface area contributed by atoms with Crippen LogP contribution in [0.5, 0.6) is 0 Å². The van der Waals surface area contributed by atoms with Gasteiger partial charge in [0.25, 0.3) is 0 Å². The molecule has 0 rings (SSSR count). The van der Waals surface area contributed by atoms with Crippen LogP contribution in [0.15, 0.2) is 6.58 Å². The summed E-state index contributed by atoms with van der Waals surface area (Å²) in [5, 5.41) is 6.25. The number of rotatable bonds is 0. The minimum atomic E-state index is 0. The Balaban J connectivity index is -0.00000000500. The van der Waals surface area contributed by atoms with Gasteiger partial charge in [-0.05, 0) is 0 Å². The molecule has 32 valence electrons. The molecule has 0 spiro atoms. The van der Waals surface area contributed by atoms with Crippen LogP contribution < -0.4 is 18.9 Å². The monoisotopic (exact) mass is 123 g/mol. The van der Waals surface area contributed by atoms with E-state index in [0.29, 0.717) is 0 Å². The first-order valence-corrected chi connectivity index (χ1v) is 0.632. The Kier molecular flexibility index (Phi) is 4610. The van der Waals surface area contributed by atoms with Gasteiger partial charge in [0.05, 0.1) is 0 Å². The molecular weight excluding hydrogens is 121 g/mol. The van der Waals surface area contributed by atoms with Gasteiger partial charge in [0.1, 0.15) is 0 Å². The predicted molar refractivity (Wildman–Crippen MR) is 14.9 cm³/mol. The summed E-state index contributed by atoms with van der Waals surface area (Å²) in [6, 6.07) is 0. The Morgan fingerprint density at radius 2 is 1.33 bits per heavy atom. The molecule has 0 unspecified atom stereocenters. The molecule has 0 aromatic rings. The summed E-state index contributed by atoms with van der Waals surface area (Å²) in [4.78, 5) is 0. The molecule has 0 radical (unpaired) electrons. The van der Waals surface area contributed by atoms with Crippen molar-refractivity contribution in [1.29, 1.82) is 5.26 Å². The molecular formula is C3H3CuLiN. The van der Waals surface area contributed by atoms with Crippen LogP contribution in [-0.4, -0.2) is 0 Å². The van der Waals surface area contributed by atoms with Crippen LogP contribution in [0.2, 0.25) is 0 Å². The van der Waals surface area contributed by atoms with Crippen LogP contribution in [0, 0.1) is 18.4 Å². The zero-order valence-corrected chi connectivity index (χ0v) is 4.47. The Bertz CT molecular complexity index is 22.0. The normalized spacial score (nSPS) is 1.00. The van der Waals surface area contributed by atoms with E-state index in [4.69, 9.17) is 11.8 Å². The summed E-state index contributed by atoms with van der Waals surface area (Å²) in [7, 11) is 0. The summed E-state index contributed by atoms with van der Waals surface area (Å²) in [6.45, 7) is 11.8. The maximum atomic E-state index is 6.25. The van der Waals surface area contributed by atoms with E-state index in [1.54, 1.807) is 0 Å². The second kappa shape index (κ2) is 840. The van der Waals surface area contributed by atoms with Crippen molar-refractivity contribution >= 4 is 0 Å². The number of hydrogen-bond acceptors (Lipinski definition) is 1. The fourth-order valence-corrected chi connectivity index (χ4v) is 0. The fourth-order valence-electron chi connectivity index (χ4n) is 0. The van der Waals surface area contributed by atoms with E-state index in [9.17, 15) is 0 Å². The van der Waals surface area contributed by atoms with Crippen LogP contribution in [0.4, 0.5) is 0 Å². The van der Waals surface area contributed by atoms with Crippen molar-refractivity contribution in [1.82, 2.24) is 0 Å². The smallest absolute Gasteiger partial charge is 0.521 e. The molecule has 0 aliphatic carbocycles. The molecule has 0 saturated carbocycles. The number of nitrogens with zero attached hydrogens (tertiary/aromatic N) is 1. The van der Waals surface area contributed by atoms with Gasteiger partial charge in [-0.15, -0.1) is 0 Å². The average Bonchev–Trinajstić information content (AvgIpc) is 1.50. The molecule has 0 aromatic heterocycles. The quantitative estimate of drug-likeness (QED) is 0.263. The number of hydrogen-bond donors (Lipinski definition) is 0. The first-order chi connectivity index (χ1) is 2.00. The van der Waals surface area contributed by atoms with Gasteiger partial charge >= 0.3 is 35.9 Å². The molecule has 0 saturated heterocycles. The largest absolute Gasteiger partial charge is 1.00 e. The van der Waals surface area contributed by atoms with E-state index >= 15 is 0 Å². The third-order valence-electron chi connectivity index (χ3n) is 0. The summed E-state index contributed by atoms with van der Waals surface area (Å²) < 4.78 is 0. The van der Waals surface area contributed by atoms with E-state index in [1.807, 2.05) is 0 Å². The second-order valence-electron chi connectivity index (χ2n) is 0. The van der Waals surface area contributed by atoms with Crippen LogP contribution in [0.1, 0.15) is 0 Å². The molecule has 0 aromatic carbocycles. The maximum absolute atomic E-state index is 6.25. The zero-order chi connectivity index (χ0) is 4.00. The minimum Gasteiger partial charge on any atom is -0.521 e. The van der Waals surface area contributed by atoms with Crippen molar-refractivity contribution in [2.75, 3.05) is 0 Å². The van der Waals surface area contributed by atoms with Crippen LogP contribution in [0.3, 0.4) is 0 Å². The molecule has 3 heteroatoms. The van der Waals surface area contributed by atoms with Crippen LogP contribution in [-0.2, 0) is 17.1 Å². The molecule has 0 N–H and O–H groups in total. The van der Waals surface area contributed by atoms with Crippen LogP contribution in [0.25, 0.3) is 0 Å². The van der Waals surface area contributed by atoms with Crippen molar-refractivity contribution in [2.24, 2.45) is 0 Å². The molecule has 6 heavy (non-hydrogen) atoms.